The second-order valence-corrected chi connectivity index (χ2v) is 7.84. The summed E-state index contributed by atoms with van der Waals surface area (Å²) in [5.41, 5.74) is 5.10. The minimum atomic E-state index is 0.507. The molecular formula is C18H19Br. The maximum Gasteiger partial charge on any atom is 0.0434 e. The molecule has 2 aliphatic carbocycles. The molecule has 2 aromatic rings. The summed E-state index contributed by atoms with van der Waals surface area (Å²) in [6.45, 7) is 4.76. The maximum absolute atomic E-state index is 3.98. The van der Waals surface area contributed by atoms with E-state index < -0.39 is 0 Å². The predicted octanol–water partition coefficient (Wildman–Crippen LogP) is 5.42. The van der Waals surface area contributed by atoms with E-state index in [2.05, 4.69) is 60.1 Å². The number of halogens is 1. The third kappa shape index (κ3) is 1.71. The summed E-state index contributed by atoms with van der Waals surface area (Å²) in [5, 5.41) is 3.03. The smallest absolute Gasteiger partial charge is 0.0434 e. The van der Waals surface area contributed by atoms with Gasteiger partial charge in [-0.3, -0.25) is 0 Å². The van der Waals surface area contributed by atoms with Crippen LogP contribution in [0, 0.1) is 11.3 Å². The number of hydrogen-bond donors (Lipinski definition) is 0. The normalized spacial score (nSPS) is 24.7. The van der Waals surface area contributed by atoms with Crippen molar-refractivity contribution in [2.45, 2.75) is 37.9 Å². The molecule has 0 spiro atoms. The summed E-state index contributed by atoms with van der Waals surface area (Å²) < 4.78 is 0. The summed E-state index contributed by atoms with van der Waals surface area (Å²) in [5.74, 6) is 0.783. The van der Waals surface area contributed by atoms with Crippen LogP contribution in [0.4, 0.5) is 0 Å². The van der Waals surface area contributed by atoms with Gasteiger partial charge >= 0.3 is 0 Å². The van der Waals surface area contributed by atoms with Gasteiger partial charge in [0.1, 0.15) is 0 Å². The van der Waals surface area contributed by atoms with Crippen molar-refractivity contribution in [3.05, 3.63) is 47.0 Å². The van der Waals surface area contributed by atoms with Crippen molar-refractivity contribution in [3.63, 3.8) is 0 Å². The van der Waals surface area contributed by atoms with Crippen LogP contribution in [-0.2, 0) is 12.8 Å². The Hall–Kier alpha value is -0.820. The fraction of sp³-hybridized carbons (Fsp3) is 0.444. The van der Waals surface area contributed by atoms with E-state index in [1.165, 1.54) is 30.2 Å². The zero-order valence-electron chi connectivity index (χ0n) is 11.5. The van der Waals surface area contributed by atoms with Crippen LogP contribution in [-0.4, -0.2) is 0 Å². The lowest BCUT2D eigenvalue weighted by Gasteiger charge is -2.16. The minimum Gasteiger partial charge on any atom is -0.0835 e. The van der Waals surface area contributed by atoms with Crippen molar-refractivity contribution in [1.29, 1.82) is 0 Å². The Morgan fingerprint density at radius 1 is 1.11 bits per heavy atom. The Labute approximate surface area is 123 Å². The highest BCUT2D eigenvalue weighted by Crippen LogP contribution is 2.61. The van der Waals surface area contributed by atoms with Gasteiger partial charge in [-0.2, -0.15) is 0 Å². The molecule has 1 fully saturated rings. The third-order valence-electron chi connectivity index (χ3n) is 5.15. The van der Waals surface area contributed by atoms with Crippen LogP contribution in [0.3, 0.4) is 0 Å². The van der Waals surface area contributed by atoms with Gasteiger partial charge in [0.2, 0.25) is 0 Å². The Kier molecular flexibility index (Phi) is 2.42. The predicted molar refractivity (Wildman–Crippen MR) is 84.9 cm³/mol. The number of aryl methyl sites for hydroxylation is 2. The summed E-state index contributed by atoms with van der Waals surface area (Å²) in [6.07, 6.45) is 3.78. The lowest BCUT2D eigenvalue weighted by atomic mass is 9.95. The molecule has 0 amide bonds. The fourth-order valence-corrected chi connectivity index (χ4v) is 5.04. The minimum absolute atomic E-state index is 0.507. The number of rotatable bonds is 2. The average molecular weight is 315 g/mol. The van der Waals surface area contributed by atoms with Crippen molar-refractivity contribution in [2.24, 2.45) is 11.3 Å². The van der Waals surface area contributed by atoms with E-state index in [-0.39, 0.29) is 0 Å². The van der Waals surface area contributed by atoms with Gasteiger partial charge in [0.05, 0.1) is 0 Å². The van der Waals surface area contributed by atoms with E-state index in [0.29, 0.717) is 10.2 Å². The molecule has 2 unspecified atom stereocenters. The molecule has 1 saturated carbocycles. The van der Waals surface area contributed by atoms with Gasteiger partial charge < -0.3 is 0 Å². The SMILES string of the molecule is CC1(C)CC1C(Br)c1ccc2c3c(cccc13)CC2. The molecule has 2 atom stereocenters. The van der Waals surface area contributed by atoms with Crippen molar-refractivity contribution in [1.82, 2.24) is 0 Å². The molecule has 0 nitrogen and oxygen atoms in total. The van der Waals surface area contributed by atoms with Crippen LogP contribution in [0.2, 0.25) is 0 Å². The number of benzene rings is 2. The lowest BCUT2D eigenvalue weighted by molar-refractivity contribution is 0.556. The highest BCUT2D eigenvalue weighted by molar-refractivity contribution is 9.09. The fourth-order valence-electron chi connectivity index (χ4n) is 3.73. The van der Waals surface area contributed by atoms with Crippen molar-refractivity contribution < 1.29 is 0 Å². The second kappa shape index (κ2) is 3.85. The van der Waals surface area contributed by atoms with Crippen LogP contribution in [0.15, 0.2) is 30.3 Å². The third-order valence-corrected chi connectivity index (χ3v) is 6.28. The van der Waals surface area contributed by atoms with E-state index in [4.69, 9.17) is 0 Å². The summed E-state index contributed by atoms with van der Waals surface area (Å²) in [4.78, 5) is 0.507. The standard InChI is InChI=1S/C18H19Br/c1-18(2)10-15(18)17(19)14-9-8-12-7-6-11-4-3-5-13(14)16(11)12/h3-5,8-9,15,17H,6-7,10H2,1-2H3. The van der Waals surface area contributed by atoms with Gasteiger partial charge in [0, 0.05) is 4.83 Å². The Bertz CT molecular complexity index is 658. The molecule has 0 radical (unpaired) electrons. The maximum atomic E-state index is 3.98. The first-order chi connectivity index (χ1) is 9.08. The van der Waals surface area contributed by atoms with E-state index >= 15 is 0 Å². The molecule has 98 valence electrons. The van der Waals surface area contributed by atoms with Gasteiger partial charge in [0.15, 0.2) is 0 Å². The molecule has 19 heavy (non-hydrogen) atoms. The quantitative estimate of drug-likeness (QED) is 0.649. The Balaban J connectivity index is 1.88. The van der Waals surface area contributed by atoms with Crippen molar-refractivity contribution in [2.75, 3.05) is 0 Å². The molecular weight excluding hydrogens is 296 g/mol. The van der Waals surface area contributed by atoms with Gasteiger partial charge in [-0.15, -0.1) is 0 Å². The Morgan fingerprint density at radius 2 is 1.79 bits per heavy atom. The first-order valence-corrected chi connectivity index (χ1v) is 8.17. The summed E-state index contributed by atoms with van der Waals surface area (Å²) in [6, 6.07) is 11.6. The zero-order valence-corrected chi connectivity index (χ0v) is 13.1. The lowest BCUT2D eigenvalue weighted by Crippen LogP contribution is -2.00. The van der Waals surface area contributed by atoms with E-state index in [0.717, 1.165) is 5.92 Å². The first kappa shape index (κ1) is 12.0. The highest BCUT2D eigenvalue weighted by atomic mass is 79.9. The van der Waals surface area contributed by atoms with E-state index in [1.54, 1.807) is 16.5 Å². The van der Waals surface area contributed by atoms with Gasteiger partial charge in [0.25, 0.3) is 0 Å². The molecule has 0 bridgehead atoms. The summed E-state index contributed by atoms with van der Waals surface area (Å²) >= 11 is 3.98. The van der Waals surface area contributed by atoms with Crippen LogP contribution in [0.1, 0.15) is 41.8 Å². The highest BCUT2D eigenvalue weighted by Gasteiger charge is 2.49. The van der Waals surface area contributed by atoms with Gasteiger partial charge in [-0.1, -0.05) is 60.1 Å². The van der Waals surface area contributed by atoms with E-state index in [1.807, 2.05) is 0 Å². The molecule has 0 heterocycles. The summed E-state index contributed by atoms with van der Waals surface area (Å²) in [7, 11) is 0. The second-order valence-electron chi connectivity index (χ2n) is 6.85. The van der Waals surface area contributed by atoms with Gasteiger partial charge in [-0.25, -0.2) is 0 Å². The molecule has 0 aromatic heterocycles. The molecule has 2 aromatic carbocycles. The molecule has 0 aliphatic heterocycles. The van der Waals surface area contributed by atoms with Crippen LogP contribution in [0.5, 0.6) is 0 Å². The first-order valence-electron chi connectivity index (χ1n) is 7.25. The molecule has 1 heteroatoms. The monoisotopic (exact) mass is 314 g/mol. The van der Waals surface area contributed by atoms with Crippen LogP contribution in [0.25, 0.3) is 10.8 Å². The number of hydrogen-bond acceptors (Lipinski definition) is 0. The van der Waals surface area contributed by atoms with Crippen LogP contribution < -0.4 is 0 Å². The zero-order chi connectivity index (χ0) is 13.2. The largest absolute Gasteiger partial charge is 0.0835 e. The molecule has 0 N–H and O–H groups in total. The molecule has 2 aliphatic rings. The van der Waals surface area contributed by atoms with E-state index in [9.17, 15) is 0 Å². The topological polar surface area (TPSA) is 0 Å². The van der Waals surface area contributed by atoms with Crippen molar-refractivity contribution >= 4 is 26.7 Å². The van der Waals surface area contributed by atoms with Crippen molar-refractivity contribution in [3.8, 4) is 0 Å². The van der Waals surface area contributed by atoms with Crippen LogP contribution >= 0.6 is 15.9 Å². The molecule has 4 rings (SSSR count). The average Bonchev–Trinajstić information content (AvgIpc) is 2.83. The molecule has 0 saturated heterocycles. The Morgan fingerprint density at radius 3 is 2.47 bits per heavy atom. The number of alkyl halides is 1. The van der Waals surface area contributed by atoms with Gasteiger partial charge in [-0.05, 0) is 58.1 Å².